The number of likely N-dealkylation sites (tertiary alicyclic amines) is 1. The highest BCUT2D eigenvalue weighted by Crippen LogP contribution is 2.22. The molecule has 1 unspecified atom stereocenters. The van der Waals surface area contributed by atoms with Gasteiger partial charge in [-0.1, -0.05) is 6.07 Å². The van der Waals surface area contributed by atoms with E-state index in [2.05, 4.69) is 14.6 Å². The summed E-state index contributed by atoms with van der Waals surface area (Å²) < 4.78 is 6.62. The summed E-state index contributed by atoms with van der Waals surface area (Å²) >= 11 is 0. The summed E-state index contributed by atoms with van der Waals surface area (Å²) in [6.07, 6.45) is 4.63. The number of aliphatic hydroxyl groups excluding tert-OH is 1. The summed E-state index contributed by atoms with van der Waals surface area (Å²) in [6, 6.07) is 5.95. The highest BCUT2D eigenvalue weighted by molar-refractivity contribution is 5.74. The molecule has 1 atom stereocenters. The van der Waals surface area contributed by atoms with Gasteiger partial charge in [0.2, 0.25) is 0 Å². The van der Waals surface area contributed by atoms with Gasteiger partial charge in [-0.05, 0) is 44.0 Å². The van der Waals surface area contributed by atoms with Gasteiger partial charge in [-0.2, -0.15) is 0 Å². The SMILES string of the molecule is COC(=O)C(O)C1CCN(Cc2cn3ccccc3n2)CC1. The number of fused-ring (bicyclic) bond motifs is 1. The van der Waals surface area contributed by atoms with E-state index in [1.165, 1.54) is 7.11 Å². The number of carbonyl (C=O) groups excluding carboxylic acids is 1. The number of esters is 1. The van der Waals surface area contributed by atoms with Gasteiger partial charge in [0.1, 0.15) is 5.65 Å². The fourth-order valence-corrected chi connectivity index (χ4v) is 3.03. The van der Waals surface area contributed by atoms with Gasteiger partial charge in [0, 0.05) is 18.9 Å². The quantitative estimate of drug-likeness (QED) is 0.856. The minimum absolute atomic E-state index is 0.00947. The summed E-state index contributed by atoms with van der Waals surface area (Å²) in [4.78, 5) is 18.3. The molecule has 1 aliphatic rings. The smallest absolute Gasteiger partial charge is 0.334 e. The molecular weight excluding hydrogens is 282 g/mol. The van der Waals surface area contributed by atoms with Crippen molar-refractivity contribution in [1.82, 2.24) is 14.3 Å². The van der Waals surface area contributed by atoms with Crippen molar-refractivity contribution >= 4 is 11.6 Å². The second-order valence-corrected chi connectivity index (χ2v) is 5.78. The number of ether oxygens (including phenoxy) is 1. The Labute approximate surface area is 129 Å². The molecule has 0 bridgehead atoms. The van der Waals surface area contributed by atoms with E-state index in [4.69, 9.17) is 0 Å². The lowest BCUT2D eigenvalue weighted by molar-refractivity contribution is -0.154. The van der Waals surface area contributed by atoms with E-state index < -0.39 is 12.1 Å². The molecule has 3 heterocycles. The number of pyridine rings is 1. The fraction of sp³-hybridized carbons (Fsp3) is 0.500. The minimum Gasteiger partial charge on any atom is -0.467 e. The predicted octanol–water partition coefficient (Wildman–Crippen LogP) is 1.08. The number of aliphatic hydroxyl groups is 1. The van der Waals surface area contributed by atoms with Crippen molar-refractivity contribution in [2.24, 2.45) is 5.92 Å². The lowest BCUT2D eigenvalue weighted by Crippen LogP contribution is -2.40. The number of hydrogen-bond donors (Lipinski definition) is 1. The van der Waals surface area contributed by atoms with Crippen LogP contribution < -0.4 is 0 Å². The van der Waals surface area contributed by atoms with Gasteiger partial charge < -0.3 is 14.2 Å². The average Bonchev–Trinajstić information content (AvgIpc) is 2.96. The van der Waals surface area contributed by atoms with Gasteiger partial charge in [0.15, 0.2) is 6.10 Å². The maximum atomic E-state index is 11.4. The number of rotatable bonds is 4. The summed E-state index contributed by atoms with van der Waals surface area (Å²) in [5.74, 6) is -0.538. The van der Waals surface area contributed by atoms with Gasteiger partial charge in [-0.25, -0.2) is 9.78 Å². The predicted molar refractivity (Wildman–Crippen MR) is 81.2 cm³/mol. The van der Waals surface area contributed by atoms with Gasteiger partial charge >= 0.3 is 5.97 Å². The molecule has 0 spiro atoms. The Hall–Kier alpha value is -1.92. The van der Waals surface area contributed by atoms with Crippen molar-refractivity contribution in [3.63, 3.8) is 0 Å². The molecule has 0 aromatic carbocycles. The van der Waals surface area contributed by atoms with Gasteiger partial charge in [0.05, 0.1) is 12.8 Å². The van der Waals surface area contributed by atoms with Crippen LogP contribution in [0.5, 0.6) is 0 Å². The van der Waals surface area contributed by atoms with Crippen LogP contribution in [0.15, 0.2) is 30.6 Å². The highest BCUT2D eigenvalue weighted by Gasteiger charge is 2.30. The lowest BCUT2D eigenvalue weighted by atomic mass is 9.91. The maximum absolute atomic E-state index is 11.4. The van der Waals surface area contributed by atoms with Crippen LogP contribution in [0.1, 0.15) is 18.5 Å². The summed E-state index contributed by atoms with van der Waals surface area (Å²) in [6.45, 7) is 2.50. The van der Waals surface area contributed by atoms with Gasteiger partial charge in [-0.3, -0.25) is 4.90 Å². The number of hydrogen-bond acceptors (Lipinski definition) is 5. The molecule has 0 amide bonds. The zero-order valence-electron chi connectivity index (χ0n) is 12.7. The Morgan fingerprint density at radius 3 is 2.91 bits per heavy atom. The lowest BCUT2D eigenvalue weighted by Gasteiger charge is -2.32. The van der Waals surface area contributed by atoms with Crippen LogP contribution in [0.4, 0.5) is 0 Å². The van der Waals surface area contributed by atoms with Crippen LogP contribution in [0.3, 0.4) is 0 Å². The molecule has 6 nitrogen and oxygen atoms in total. The second-order valence-electron chi connectivity index (χ2n) is 5.78. The van der Waals surface area contributed by atoms with E-state index in [0.29, 0.717) is 0 Å². The first-order valence-corrected chi connectivity index (χ1v) is 7.58. The summed E-state index contributed by atoms with van der Waals surface area (Å²) in [5, 5.41) is 9.90. The molecule has 118 valence electrons. The third-order valence-corrected chi connectivity index (χ3v) is 4.32. The van der Waals surface area contributed by atoms with Crippen molar-refractivity contribution in [2.45, 2.75) is 25.5 Å². The first-order chi connectivity index (χ1) is 10.7. The molecule has 0 saturated carbocycles. The van der Waals surface area contributed by atoms with E-state index in [-0.39, 0.29) is 5.92 Å². The summed E-state index contributed by atoms with van der Waals surface area (Å²) in [5.41, 5.74) is 1.99. The van der Waals surface area contributed by atoms with Crippen LogP contribution in [-0.4, -0.2) is 51.7 Å². The number of piperidine rings is 1. The van der Waals surface area contributed by atoms with Crippen LogP contribution >= 0.6 is 0 Å². The zero-order valence-corrected chi connectivity index (χ0v) is 12.7. The third-order valence-electron chi connectivity index (χ3n) is 4.32. The standard InChI is InChI=1S/C16H21N3O3/c1-22-16(21)15(20)12-5-8-18(9-6-12)10-13-11-19-7-3-2-4-14(19)17-13/h2-4,7,11-12,15,20H,5-6,8-10H2,1H3. The number of aromatic nitrogens is 2. The van der Waals surface area contributed by atoms with Crippen LogP contribution in [0.2, 0.25) is 0 Å². The molecule has 6 heteroatoms. The van der Waals surface area contributed by atoms with Crippen LogP contribution in [0, 0.1) is 5.92 Å². The Morgan fingerprint density at radius 1 is 1.45 bits per heavy atom. The first-order valence-electron chi connectivity index (χ1n) is 7.58. The van der Waals surface area contributed by atoms with E-state index in [1.54, 1.807) is 0 Å². The van der Waals surface area contributed by atoms with Crippen molar-refractivity contribution in [2.75, 3.05) is 20.2 Å². The van der Waals surface area contributed by atoms with Gasteiger partial charge in [-0.15, -0.1) is 0 Å². The van der Waals surface area contributed by atoms with E-state index in [9.17, 15) is 9.90 Å². The molecule has 1 fully saturated rings. The fourth-order valence-electron chi connectivity index (χ4n) is 3.03. The van der Waals surface area contributed by atoms with E-state index >= 15 is 0 Å². The number of nitrogens with zero attached hydrogens (tertiary/aromatic N) is 3. The zero-order chi connectivity index (χ0) is 15.5. The topological polar surface area (TPSA) is 67.1 Å². The monoisotopic (exact) mass is 303 g/mol. The Bertz CT molecular complexity index is 614. The Kier molecular flexibility index (Phi) is 4.40. The van der Waals surface area contributed by atoms with Crippen LogP contribution in [-0.2, 0) is 16.1 Å². The third kappa shape index (κ3) is 3.13. The van der Waals surface area contributed by atoms with Crippen molar-refractivity contribution in [1.29, 1.82) is 0 Å². The Balaban J connectivity index is 1.56. The Morgan fingerprint density at radius 2 is 2.23 bits per heavy atom. The first kappa shape index (κ1) is 15.0. The molecule has 0 aliphatic carbocycles. The molecular formula is C16H21N3O3. The molecule has 1 N–H and O–H groups in total. The van der Waals surface area contributed by atoms with Gasteiger partial charge in [0.25, 0.3) is 0 Å². The second kappa shape index (κ2) is 6.46. The molecule has 2 aromatic heterocycles. The number of carbonyl (C=O) groups is 1. The minimum atomic E-state index is -0.998. The van der Waals surface area contributed by atoms with E-state index in [1.807, 2.05) is 35.0 Å². The molecule has 0 radical (unpaired) electrons. The normalized spacial score (nSPS) is 18.5. The summed E-state index contributed by atoms with van der Waals surface area (Å²) in [7, 11) is 1.31. The van der Waals surface area contributed by atoms with Crippen molar-refractivity contribution < 1.29 is 14.6 Å². The van der Waals surface area contributed by atoms with E-state index in [0.717, 1.165) is 43.8 Å². The molecule has 2 aromatic rings. The number of imidazole rings is 1. The molecule has 22 heavy (non-hydrogen) atoms. The maximum Gasteiger partial charge on any atom is 0.334 e. The molecule has 1 aliphatic heterocycles. The van der Waals surface area contributed by atoms with Crippen molar-refractivity contribution in [3.8, 4) is 0 Å². The number of methoxy groups -OCH3 is 1. The van der Waals surface area contributed by atoms with Crippen LogP contribution in [0.25, 0.3) is 5.65 Å². The highest BCUT2D eigenvalue weighted by atomic mass is 16.5. The largest absolute Gasteiger partial charge is 0.467 e. The molecule has 1 saturated heterocycles. The molecule has 3 rings (SSSR count). The average molecular weight is 303 g/mol. The van der Waals surface area contributed by atoms with Crippen molar-refractivity contribution in [3.05, 3.63) is 36.3 Å².